The summed E-state index contributed by atoms with van der Waals surface area (Å²) in [6.45, 7) is 4.01. The van der Waals surface area contributed by atoms with Crippen LogP contribution in [0.1, 0.15) is 28.7 Å². The van der Waals surface area contributed by atoms with Crippen LogP contribution in [0.15, 0.2) is 30.3 Å². The molecule has 5 nitrogen and oxygen atoms in total. The largest absolute Gasteiger partial charge is 0.396 e. The second-order valence-electron chi connectivity index (χ2n) is 5.72. The molecule has 0 aliphatic heterocycles. The lowest BCUT2D eigenvalue weighted by molar-refractivity contribution is 0.0728. The van der Waals surface area contributed by atoms with Crippen LogP contribution in [0.4, 0.5) is 0 Å². The molecule has 0 aliphatic carbocycles. The van der Waals surface area contributed by atoms with E-state index in [2.05, 4.69) is 10.3 Å². The molecule has 0 radical (unpaired) electrons. The highest BCUT2D eigenvalue weighted by Gasteiger charge is 2.28. The molecule has 0 spiro atoms. The third-order valence-electron chi connectivity index (χ3n) is 3.57. The predicted octanol–water partition coefficient (Wildman–Crippen LogP) is 2.64. The number of benzene rings is 1. The Labute approximate surface area is 140 Å². The number of nitrogens with one attached hydrogen (secondary N) is 1. The third kappa shape index (κ3) is 4.37. The van der Waals surface area contributed by atoms with Crippen LogP contribution in [0.3, 0.4) is 0 Å². The van der Waals surface area contributed by atoms with Gasteiger partial charge >= 0.3 is 0 Å². The van der Waals surface area contributed by atoms with Crippen LogP contribution in [0.2, 0.25) is 0 Å². The highest BCUT2D eigenvalue weighted by Crippen LogP contribution is 2.28. The van der Waals surface area contributed by atoms with Crippen molar-refractivity contribution >= 4 is 17.2 Å². The highest BCUT2D eigenvalue weighted by atomic mass is 32.1. The Hall–Kier alpha value is -1.76. The number of aliphatic hydroxyl groups excluding tert-OH is 1. The number of hydrogen-bond acceptors (Lipinski definition) is 5. The van der Waals surface area contributed by atoms with E-state index in [1.165, 1.54) is 11.3 Å². The first-order chi connectivity index (χ1) is 11.0. The molecule has 23 heavy (non-hydrogen) atoms. The van der Waals surface area contributed by atoms with Crippen molar-refractivity contribution in [2.75, 3.05) is 20.3 Å². The molecule has 0 fully saturated rings. The summed E-state index contributed by atoms with van der Waals surface area (Å²) in [6, 6.07) is 9.79. The van der Waals surface area contributed by atoms with E-state index in [1.54, 1.807) is 7.11 Å². The van der Waals surface area contributed by atoms with Gasteiger partial charge in [0.15, 0.2) is 0 Å². The molecular formula is C17H22N2O3S. The number of thiazole rings is 1. The SMILES string of the molecule is COCC(C)(CCO)NC(=O)c1sc(-c2ccccc2)nc1C. The number of carbonyl (C=O) groups excluding carboxylic acids is 1. The maximum Gasteiger partial charge on any atom is 0.263 e. The monoisotopic (exact) mass is 334 g/mol. The van der Waals surface area contributed by atoms with Gasteiger partial charge in [-0.1, -0.05) is 30.3 Å². The Balaban J connectivity index is 2.21. The summed E-state index contributed by atoms with van der Waals surface area (Å²) in [5, 5.41) is 13.0. The Bertz CT molecular complexity index is 649. The zero-order valence-corrected chi connectivity index (χ0v) is 14.4. The fraction of sp³-hybridized carbons (Fsp3) is 0.412. The number of aromatic nitrogens is 1. The van der Waals surface area contributed by atoms with Gasteiger partial charge in [0.1, 0.15) is 9.88 Å². The molecule has 0 saturated carbocycles. The minimum atomic E-state index is -0.607. The number of ether oxygens (including phenoxy) is 1. The number of methoxy groups -OCH3 is 1. The summed E-state index contributed by atoms with van der Waals surface area (Å²) in [7, 11) is 1.58. The molecular weight excluding hydrogens is 312 g/mol. The summed E-state index contributed by atoms with van der Waals surface area (Å²) < 4.78 is 5.16. The average Bonchev–Trinajstić information content (AvgIpc) is 2.90. The highest BCUT2D eigenvalue weighted by molar-refractivity contribution is 7.17. The molecule has 1 aromatic heterocycles. The number of carbonyl (C=O) groups is 1. The van der Waals surface area contributed by atoms with Crippen molar-refractivity contribution in [3.05, 3.63) is 40.9 Å². The molecule has 2 rings (SSSR count). The minimum Gasteiger partial charge on any atom is -0.396 e. The molecule has 1 unspecified atom stereocenters. The van der Waals surface area contributed by atoms with Crippen molar-refractivity contribution in [3.8, 4) is 10.6 Å². The average molecular weight is 334 g/mol. The lowest BCUT2D eigenvalue weighted by Gasteiger charge is -2.29. The second-order valence-corrected chi connectivity index (χ2v) is 6.72. The molecule has 0 aliphatic rings. The quantitative estimate of drug-likeness (QED) is 0.816. The summed E-state index contributed by atoms with van der Waals surface area (Å²) in [5.41, 5.74) is 1.09. The molecule has 1 atom stereocenters. The number of nitrogens with zero attached hydrogens (tertiary/aromatic N) is 1. The van der Waals surface area contributed by atoms with Crippen LogP contribution < -0.4 is 5.32 Å². The van der Waals surface area contributed by atoms with Gasteiger partial charge in [-0.05, 0) is 20.3 Å². The van der Waals surface area contributed by atoms with E-state index in [9.17, 15) is 9.90 Å². The first kappa shape index (κ1) is 17.6. The fourth-order valence-electron chi connectivity index (χ4n) is 2.38. The number of rotatable bonds is 7. The van der Waals surface area contributed by atoms with E-state index in [1.807, 2.05) is 44.2 Å². The number of amides is 1. The number of aryl methyl sites for hydroxylation is 1. The Morgan fingerprint density at radius 1 is 1.39 bits per heavy atom. The van der Waals surface area contributed by atoms with Crippen molar-refractivity contribution in [1.82, 2.24) is 10.3 Å². The van der Waals surface area contributed by atoms with Crippen molar-refractivity contribution in [2.24, 2.45) is 0 Å². The first-order valence-corrected chi connectivity index (χ1v) is 8.26. The fourth-order valence-corrected chi connectivity index (χ4v) is 3.35. The summed E-state index contributed by atoms with van der Waals surface area (Å²) >= 11 is 1.37. The van der Waals surface area contributed by atoms with Crippen LogP contribution in [-0.4, -0.2) is 41.9 Å². The minimum absolute atomic E-state index is 0.0168. The zero-order valence-electron chi connectivity index (χ0n) is 13.6. The molecule has 2 aromatic rings. The lowest BCUT2D eigenvalue weighted by atomic mass is 9.99. The third-order valence-corrected chi connectivity index (χ3v) is 4.77. The van der Waals surface area contributed by atoms with Gasteiger partial charge in [-0.15, -0.1) is 11.3 Å². The first-order valence-electron chi connectivity index (χ1n) is 7.44. The van der Waals surface area contributed by atoms with Gasteiger partial charge in [0.05, 0.1) is 17.8 Å². The standard InChI is InChI=1S/C17H22N2O3S/c1-12-14(15(21)19-17(2,9-10-20)11-22-3)23-16(18-12)13-7-5-4-6-8-13/h4-8,20H,9-11H2,1-3H3,(H,19,21). The van der Waals surface area contributed by atoms with Crippen LogP contribution in [-0.2, 0) is 4.74 Å². The van der Waals surface area contributed by atoms with Crippen LogP contribution in [0.5, 0.6) is 0 Å². The van der Waals surface area contributed by atoms with E-state index in [0.717, 1.165) is 10.6 Å². The molecule has 0 saturated heterocycles. The van der Waals surface area contributed by atoms with Gasteiger partial charge in [-0.3, -0.25) is 4.79 Å². The second kappa shape index (κ2) is 7.68. The van der Waals surface area contributed by atoms with Crippen LogP contribution >= 0.6 is 11.3 Å². The van der Waals surface area contributed by atoms with E-state index < -0.39 is 5.54 Å². The maximum absolute atomic E-state index is 12.6. The van der Waals surface area contributed by atoms with E-state index in [4.69, 9.17) is 4.74 Å². The Morgan fingerprint density at radius 2 is 2.09 bits per heavy atom. The molecule has 2 N–H and O–H groups in total. The predicted molar refractivity (Wildman–Crippen MR) is 91.7 cm³/mol. The molecule has 124 valence electrons. The van der Waals surface area contributed by atoms with E-state index in [0.29, 0.717) is 23.6 Å². The smallest absolute Gasteiger partial charge is 0.263 e. The van der Waals surface area contributed by atoms with E-state index in [-0.39, 0.29) is 12.5 Å². The van der Waals surface area contributed by atoms with Crippen molar-refractivity contribution < 1.29 is 14.6 Å². The van der Waals surface area contributed by atoms with E-state index >= 15 is 0 Å². The van der Waals surface area contributed by atoms with Gasteiger partial charge in [0.2, 0.25) is 0 Å². The van der Waals surface area contributed by atoms with Crippen molar-refractivity contribution in [2.45, 2.75) is 25.8 Å². The van der Waals surface area contributed by atoms with Gasteiger partial charge in [0, 0.05) is 19.3 Å². The molecule has 0 bridgehead atoms. The molecule has 1 heterocycles. The lowest BCUT2D eigenvalue weighted by Crippen LogP contribution is -2.50. The summed E-state index contributed by atoms with van der Waals surface area (Å²) in [6.07, 6.45) is 0.427. The molecule has 1 aromatic carbocycles. The van der Waals surface area contributed by atoms with Crippen LogP contribution in [0, 0.1) is 6.92 Å². The van der Waals surface area contributed by atoms with Gasteiger partial charge in [0.25, 0.3) is 5.91 Å². The Morgan fingerprint density at radius 3 is 2.70 bits per heavy atom. The van der Waals surface area contributed by atoms with Gasteiger partial charge < -0.3 is 15.2 Å². The van der Waals surface area contributed by atoms with Crippen LogP contribution in [0.25, 0.3) is 10.6 Å². The molecule has 6 heteroatoms. The van der Waals surface area contributed by atoms with Crippen molar-refractivity contribution in [1.29, 1.82) is 0 Å². The normalized spacial score (nSPS) is 13.6. The topological polar surface area (TPSA) is 71.5 Å². The zero-order chi connectivity index (χ0) is 16.9. The molecule has 1 amide bonds. The number of aliphatic hydroxyl groups is 1. The van der Waals surface area contributed by atoms with Crippen molar-refractivity contribution in [3.63, 3.8) is 0 Å². The Kier molecular flexibility index (Phi) is 5.87. The summed E-state index contributed by atoms with van der Waals surface area (Å²) in [5.74, 6) is -0.185. The van der Waals surface area contributed by atoms with Gasteiger partial charge in [-0.25, -0.2) is 4.98 Å². The van der Waals surface area contributed by atoms with Gasteiger partial charge in [-0.2, -0.15) is 0 Å². The number of hydrogen-bond donors (Lipinski definition) is 2. The maximum atomic E-state index is 12.6. The summed E-state index contributed by atoms with van der Waals surface area (Å²) in [4.78, 5) is 17.7.